The van der Waals surface area contributed by atoms with Gasteiger partial charge in [0.2, 0.25) is 5.91 Å². The first kappa shape index (κ1) is 21.3. The first-order valence-electron chi connectivity index (χ1n) is 9.66. The number of aromatic nitrogens is 2. The van der Waals surface area contributed by atoms with Crippen LogP contribution in [0.15, 0.2) is 59.0 Å². The fourth-order valence-electron chi connectivity index (χ4n) is 3.09. The Balaban J connectivity index is 1.90. The quantitative estimate of drug-likeness (QED) is 0.305. The molecule has 1 atom stereocenters. The van der Waals surface area contributed by atoms with E-state index in [1.54, 1.807) is 10.6 Å². The zero-order valence-corrected chi connectivity index (χ0v) is 18.3. The van der Waals surface area contributed by atoms with Crippen LogP contribution in [0.4, 0.5) is 0 Å². The minimum atomic E-state index is -0.0932. The molecule has 7 heteroatoms. The van der Waals surface area contributed by atoms with E-state index >= 15 is 0 Å². The molecular weight excluding hydrogens is 402 g/mol. The Bertz CT molecular complexity index is 1060. The van der Waals surface area contributed by atoms with Gasteiger partial charge in [-0.2, -0.15) is 0 Å². The molecule has 29 heavy (non-hydrogen) atoms. The number of carbonyl (C=O) groups is 1. The van der Waals surface area contributed by atoms with E-state index in [1.165, 1.54) is 23.1 Å². The van der Waals surface area contributed by atoms with Gasteiger partial charge in [-0.15, -0.1) is 17.9 Å². The summed E-state index contributed by atoms with van der Waals surface area (Å²) in [6, 6.07) is 12.0. The van der Waals surface area contributed by atoms with Gasteiger partial charge in [0.25, 0.3) is 5.56 Å². The number of allylic oxidation sites excluding steroid dienone is 1. The molecule has 1 unspecified atom stereocenters. The summed E-state index contributed by atoms with van der Waals surface area (Å²) in [6.45, 7) is 8.20. The van der Waals surface area contributed by atoms with Gasteiger partial charge in [0.15, 0.2) is 5.16 Å². The lowest BCUT2D eigenvalue weighted by Gasteiger charge is -2.13. The number of nitrogens with zero attached hydrogens (tertiary/aromatic N) is 2. The van der Waals surface area contributed by atoms with Crippen molar-refractivity contribution < 1.29 is 4.79 Å². The van der Waals surface area contributed by atoms with Crippen LogP contribution in [0.25, 0.3) is 20.7 Å². The summed E-state index contributed by atoms with van der Waals surface area (Å²) in [5.74, 6) is 0.171. The molecule has 152 valence electrons. The maximum absolute atomic E-state index is 13.1. The fourth-order valence-corrected chi connectivity index (χ4v) is 4.96. The molecule has 1 aromatic carbocycles. The molecule has 0 aliphatic heterocycles. The molecule has 0 aliphatic carbocycles. The van der Waals surface area contributed by atoms with Crippen LogP contribution in [-0.4, -0.2) is 27.3 Å². The van der Waals surface area contributed by atoms with E-state index in [0.717, 1.165) is 23.3 Å². The SMILES string of the molecule is C=CCn1c(SCC(=O)NC(C)CCC)nc2cc(-c3ccccc3)sc2c1=O. The van der Waals surface area contributed by atoms with Crippen LogP contribution < -0.4 is 10.9 Å². The van der Waals surface area contributed by atoms with Gasteiger partial charge < -0.3 is 5.32 Å². The van der Waals surface area contributed by atoms with Crippen molar-refractivity contribution in [3.8, 4) is 10.4 Å². The first-order chi connectivity index (χ1) is 14.0. The highest BCUT2D eigenvalue weighted by Crippen LogP contribution is 2.31. The first-order valence-corrected chi connectivity index (χ1v) is 11.5. The number of thiophene rings is 1. The minimum Gasteiger partial charge on any atom is -0.353 e. The van der Waals surface area contributed by atoms with Crippen molar-refractivity contribution in [1.29, 1.82) is 0 Å². The molecule has 0 radical (unpaired) electrons. The zero-order valence-electron chi connectivity index (χ0n) is 16.7. The number of benzene rings is 1. The average Bonchev–Trinajstić information content (AvgIpc) is 3.14. The van der Waals surface area contributed by atoms with Gasteiger partial charge in [0, 0.05) is 17.5 Å². The minimum absolute atomic E-state index is 0.0502. The van der Waals surface area contributed by atoms with Crippen LogP contribution in [0.3, 0.4) is 0 Å². The standard InChI is InChI=1S/C22H25N3O2S2/c1-4-9-15(3)23-19(26)14-28-22-24-17-13-18(16-10-7-6-8-11-16)29-20(17)21(27)25(22)12-5-2/h5-8,10-11,13,15H,2,4,9,12,14H2,1,3H3,(H,23,26). The van der Waals surface area contributed by atoms with Gasteiger partial charge >= 0.3 is 0 Å². The van der Waals surface area contributed by atoms with Crippen LogP contribution in [0.2, 0.25) is 0 Å². The van der Waals surface area contributed by atoms with Crippen LogP contribution in [0.1, 0.15) is 26.7 Å². The Morgan fingerprint density at radius 3 is 2.83 bits per heavy atom. The summed E-state index contributed by atoms with van der Waals surface area (Å²) in [4.78, 5) is 31.0. The van der Waals surface area contributed by atoms with Gasteiger partial charge in [-0.05, 0) is 25.0 Å². The van der Waals surface area contributed by atoms with Crippen LogP contribution in [0.5, 0.6) is 0 Å². The van der Waals surface area contributed by atoms with E-state index < -0.39 is 0 Å². The summed E-state index contributed by atoms with van der Waals surface area (Å²) in [6.07, 6.45) is 3.64. The summed E-state index contributed by atoms with van der Waals surface area (Å²) < 4.78 is 2.21. The third kappa shape index (κ3) is 5.16. The molecule has 0 spiro atoms. The molecule has 0 saturated heterocycles. The highest BCUT2D eigenvalue weighted by Gasteiger charge is 2.16. The lowest BCUT2D eigenvalue weighted by Crippen LogP contribution is -2.34. The van der Waals surface area contributed by atoms with Crippen molar-refractivity contribution in [3.05, 3.63) is 59.4 Å². The molecule has 0 bridgehead atoms. The van der Waals surface area contributed by atoms with Crippen molar-refractivity contribution >= 4 is 39.2 Å². The second kappa shape index (κ2) is 9.89. The summed E-state index contributed by atoms with van der Waals surface area (Å²) in [5, 5.41) is 3.53. The molecule has 2 aromatic heterocycles. The van der Waals surface area contributed by atoms with E-state index in [9.17, 15) is 9.59 Å². The van der Waals surface area contributed by atoms with E-state index in [2.05, 4.69) is 18.8 Å². The normalized spacial score (nSPS) is 12.1. The lowest BCUT2D eigenvalue weighted by molar-refractivity contribution is -0.119. The van der Waals surface area contributed by atoms with Crippen LogP contribution >= 0.6 is 23.1 Å². The highest BCUT2D eigenvalue weighted by atomic mass is 32.2. The van der Waals surface area contributed by atoms with E-state index in [0.29, 0.717) is 21.9 Å². The molecule has 0 fully saturated rings. The number of rotatable bonds is 9. The number of fused-ring (bicyclic) bond motifs is 1. The van der Waals surface area contributed by atoms with Crippen molar-refractivity contribution in [2.45, 2.75) is 44.4 Å². The molecule has 1 N–H and O–H groups in total. The number of hydrogen-bond donors (Lipinski definition) is 1. The third-order valence-electron chi connectivity index (χ3n) is 4.43. The van der Waals surface area contributed by atoms with E-state index in [1.807, 2.05) is 43.3 Å². The Labute approximate surface area is 178 Å². The van der Waals surface area contributed by atoms with Gasteiger partial charge in [-0.25, -0.2) is 4.98 Å². The van der Waals surface area contributed by atoms with Crippen molar-refractivity contribution in [1.82, 2.24) is 14.9 Å². The molecule has 0 aliphatic rings. The Morgan fingerprint density at radius 1 is 1.38 bits per heavy atom. The van der Waals surface area contributed by atoms with Crippen molar-refractivity contribution in [2.75, 3.05) is 5.75 Å². The second-order valence-corrected chi connectivity index (χ2v) is 8.83. The molecule has 3 aromatic rings. The number of thioether (sulfide) groups is 1. The van der Waals surface area contributed by atoms with Crippen molar-refractivity contribution in [2.24, 2.45) is 0 Å². The summed E-state index contributed by atoms with van der Waals surface area (Å²) in [7, 11) is 0. The Hall–Kier alpha value is -2.38. The van der Waals surface area contributed by atoms with Crippen LogP contribution in [-0.2, 0) is 11.3 Å². The monoisotopic (exact) mass is 427 g/mol. The molecule has 0 saturated carbocycles. The molecule has 2 heterocycles. The lowest BCUT2D eigenvalue weighted by atomic mass is 10.2. The number of nitrogens with one attached hydrogen (secondary N) is 1. The second-order valence-electron chi connectivity index (χ2n) is 6.84. The molecule has 5 nitrogen and oxygen atoms in total. The Morgan fingerprint density at radius 2 is 2.14 bits per heavy atom. The van der Waals surface area contributed by atoms with Gasteiger partial charge in [-0.1, -0.05) is 61.5 Å². The van der Waals surface area contributed by atoms with Gasteiger partial charge in [0.1, 0.15) is 4.70 Å². The number of hydrogen-bond acceptors (Lipinski definition) is 5. The smallest absolute Gasteiger partial charge is 0.272 e. The van der Waals surface area contributed by atoms with Gasteiger partial charge in [0.05, 0.1) is 11.3 Å². The zero-order chi connectivity index (χ0) is 20.8. The molecule has 3 rings (SSSR count). The number of amides is 1. The van der Waals surface area contributed by atoms with Gasteiger partial charge in [-0.3, -0.25) is 14.2 Å². The maximum Gasteiger partial charge on any atom is 0.272 e. The predicted octanol–water partition coefficient (Wildman–Crippen LogP) is 4.71. The third-order valence-corrected chi connectivity index (χ3v) is 6.57. The van der Waals surface area contributed by atoms with E-state index in [-0.39, 0.29) is 23.3 Å². The van der Waals surface area contributed by atoms with E-state index in [4.69, 9.17) is 4.98 Å². The predicted molar refractivity (Wildman–Crippen MR) is 123 cm³/mol. The highest BCUT2D eigenvalue weighted by molar-refractivity contribution is 7.99. The Kier molecular flexibility index (Phi) is 7.28. The average molecular weight is 428 g/mol. The largest absolute Gasteiger partial charge is 0.353 e. The van der Waals surface area contributed by atoms with Crippen LogP contribution in [0, 0.1) is 0 Å². The van der Waals surface area contributed by atoms with Crippen molar-refractivity contribution in [3.63, 3.8) is 0 Å². The number of carbonyl (C=O) groups excluding carboxylic acids is 1. The molecular formula is C22H25N3O2S2. The maximum atomic E-state index is 13.1. The molecule has 1 amide bonds. The topological polar surface area (TPSA) is 64.0 Å². The summed E-state index contributed by atoms with van der Waals surface area (Å²) in [5.41, 5.74) is 1.63. The fraction of sp³-hybridized carbons (Fsp3) is 0.318. The summed E-state index contributed by atoms with van der Waals surface area (Å²) >= 11 is 2.73.